The molecule has 110 valence electrons. The Labute approximate surface area is 133 Å². The van der Waals surface area contributed by atoms with Crippen LogP contribution >= 0.6 is 15.9 Å². The highest BCUT2D eigenvalue weighted by atomic mass is 79.9. The zero-order valence-corrected chi connectivity index (χ0v) is 13.8. The number of hydrogen-bond acceptors (Lipinski definition) is 4. The molecule has 5 heteroatoms. The van der Waals surface area contributed by atoms with Gasteiger partial charge in [0.15, 0.2) is 0 Å². The lowest BCUT2D eigenvalue weighted by atomic mass is 10.2. The van der Waals surface area contributed by atoms with Crippen molar-refractivity contribution in [1.29, 1.82) is 0 Å². The second-order valence-electron chi connectivity index (χ2n) is 5.43. The molecule has 1 aliphatic carbocycles. The molecule has 0 atom stereocenters. The largest absolute Gasteiger partial charge is 0.424 e. The maximum absolute atomic E-state index is 5.72. The summed E-state index contributed by atoms with van der Waals surface area (Å²) in [6, 6.07) is 6.91. The average molecular weight is 348 g/mol. The van der Waals surface area contributed by atoms with Crippen molar-refractivity contribution in [2.45, 2.75) is 39.3 Å². The fraction of sp³-hybridized carbons (Fsp3) is 0.375. The van der Waals surface area contributed by atoms with E-state index in [1.807, 2.05) is 38.2 Å². The lowest BCUT2D eigenvalue weighted by Crippen LogP contribution is -2.16. The highest BCUT2D eigenvalue weighted by molar-refractivity contribution is 9.10. The minimum absolute atomic E-state index is 0.393. The molecule has 1 aromatic carbocycles. The summed E-state index contributed by atoms with van der Waals surface area (Å²) >= 11 is 3.48. The molecule has 0 bridgehead atoms. The summed E-state index contributed by atoms with van der Waals surface area (Å²) in [6.07, 6.45) is 4.41. The van der Waals surface area contributed by atoms with Crippen LogP contribution in [0, 0.1) is 13.8 Å². The number of benzene rings is 1. The second-order valence-corrected chi connectivity index (χ2v) is 6.29. The van der Waals surface area contributed by atoms with Crippen molar-refractivity contribution in [3.05, 3.63) is 45.7 Å². The molecule has 4 nitrogen and oxygen atoms in total. The summed E-state index contributed by atoms with van der Waals surface area (Å²) in [5, 5.41) is 3.47. The van der Waals surface area contributed by atoms with Crippen molar-refractivity contribution in [3.8, 4) is 11.8 Å². The maximum atomic E-state index is 5.72. The van der Waals surface area contributed by atoms with Crippen molar-refractivity contribution in [2.24, 2.45) is 0 Å². The first-order chi connectivity index (χ1) is 10.1. The Morgan fingerprint density at radius 3 is 2.81 bits per heavy atom. The monoisotopic (exact) mass is 347 g/mol. The molecule has 0 aliphatic heterocycles. The number of nitrogens with zero attached hydrogens (tertiary/aromatic N) is 2. The predicted octanol–water partition coefficient (Wildman–Crippen LogP) is 3.90. The summed E-state index contributed by atoms with van der Waals surface area (Å²) in [7, 11) is 0. The van der Waals surface area contributed by atoms with Crippen LogP contribution < -0.4 is 10.1 Å². The Balaban J connectivity index is 1.70. The number of rotatable bonds is 5. The highest BCUT2D eigenvalue weighted by Crippen LogP contribution is 2.25. The Hall–Kier alpha value is -1.46. The summed E-state index contributed by atoms with van der Waals surface area (Å²) in [6.45, 7) is 4.84. The van der Waals surface area contributed by atoms with Gasteiger partial charge in [-0.15, -0.1) is 0 Å². The van der Waals surface area contributed by atoms with Crippen LogP contribution in [-0.2, 0) is 6.54 Å². The Bertz CT molecular complexity index is 656. The molecule has 1 fully saturated rings. The first-order valence-corrected chi connectivity index (χ1v) is 7.91. The predicted molar refractivity (Wildman–Crippen MR) is 85.6 cm³/mol. The van der Waals surface area contributed by atoms with Gasteiger partial charge in [0.05, 0.1) is 0 Å². The Morgan fingerprint density at radius 2 is 2.14 bits per heavy atom. The lowest BCUT2D eigenvalue weighted by molar-refractivity contribution is 0.438. The summed E-state index contributed by atoms with van der Waals surface area (Å²) in [5.74, 6) is 0.749. The summed E-state index contributed by atoms with van der Waals surface area (Å²) < 4.78 is 6.79. The van der Waals surface area contributed by atoms with Crippen molar-refractivity contribution in [1.82, 2.24) is 15.3 Å². The minimum atomic E-state index is 0.393. The molecule has 0 spiro atoms. The van der Waals surface area contributed by atoms with Crippen molar-refractivity contribution in [2.75, 3.05) is 0 Å². The van der Waals surface area contributed by atoms with E-state index in [0.717, 1.165) is 33.6 Å². The molecule has 3 rings (SSSR count). The number of aromatic nitrogens is 2. The van der Waals surface area contributed by atoms with Gasteiger partial charge in [-0.05, 0) is 50.5 Å². The molecular weight excluding hydrogens is 330 g/mol. The van der Waals surface area contributed by atoms with Gasteiger partial charge in [0.1, 0.15) is 5.75 Å². The van der Waals surface area contributed by atoms with Gasteiger partial charge < -0.3 is 10.1 Å². The smallest absolute Gasteiger partial charge is 0.322 e. The van der Waals surface area contributed by atoms with E-state index in [1.54, 1.807) is 0 Å². The SMILES string of the molecule is Cc1cc(Oc2ncc(CNC3CC3)c(C)n2)ccc1Br. The van der Waals surface area contributed by atoms with Gasteiger partial charge >= 0.3 is 6.01 Å². The molecule has 1 heterocycles. The minimum Gasteiger partial charge on any atom is -0.424 e. The number of nitrogens with one attached hydrogen (secondary N) is 1. The molecule has 2 aromatic rings. The van der Waals surface area contributed by atoms with Crippen LogP contribution in [0.5, 0.6) is 11.8 Å². The van der Waals surface area contributed by atoms with E-state index in [4.69, 9.17) is 4.74 Å². The van der Waals surface area contributed by atoms with Crippen molar-refractivity contribution in [3.63, 3.8) is 0 Å². The topological polar surface area (TPSA) is 47.0 Å². The Kier molecular flexibility index (Phi) is 4.22. The maximum Gasteiger partial charge on any atom is 0.322 e. The van der Waals surface area contributed by atoms with Gasteiger partial charge in [0.25, 0.3) is 0 Å². The van der Waals surface area contributed by atoms with Crippen LogP contribution in [-0.4, -0.2) is 16.0 Å². The van der Waals surface area contributed by atoms with E-state index in [9.17, 15) is 0 Å². The lowest BCUT2D eigenvalue weighted by Gasteiger charge is -2.09. The van der Waals surface area contributed by atoms with Crippen LogP contribution in [0.15, 0.2) is 28.9 Å². The third-order valence-corrected chi connectivity index (χ3v) is 4.45. The molecular formula is C16H18BrN3O. The van der Waals surface area contributed by atoms with E-state index >= 15 is 0 Å². The molecule has 1 saturated carbocycles. The van der Waals surface area contributed by atoms with E-state index in [-0.39, 0.29) is 0 Å². The molecule has 1 aliphatic rings. The van der Waals surface area contributed by atoms with E-state index in [0.29, 0.717) is 12.1 Å². The number of aryl methyl sites for hydroxylation is 2. The van der Waals surface area contributed by atoms with Crippen LogP contribution in [0.2, 0.25) is 0 Å². The van der Waals surface area contributed by atoms with Crippen LogP contribution in [0.3, 0.4) is 0 Å². The molecule has 1 aromatic heterocycles. The molecule has 0 unspecified atom stereocenters. The molecule has 21 heavy (non-hydrogen) atoms. The van der Waals surface area contributed by atoms with Crippen LogP contribution in [0.4, 0.5) is 0 Å². The molecule has 0 saturated heterocycles. The molecule has 0 amide bonds. The fourth-order valence-corrected chi connectivity index (χ4v) is 2.27. The first kappa shape index (κ1) is 14.5. The van der Waals surface area contributed by atoms with Gasteiger partial charge in [-0.25, -0.2) is 4.98 Å². The van der Waals surface area contributed by atoms with E-state index in [1.165, 1.54) is 12.8 Å². The second kappa shape index (κ2) is 6.12. The zero-order valence-electron chi connectivity index (χ0n) is 12.2. The van der Waals surface area contributed by atoms with E-state index in [2.05, 4.69) is 31.2 Å². The zero-order chi connectivity index (χ0) is 14.8. The van der Waals surface area contributed by atoms with Gasteiger partial charge in [-0.3, -0.25) is 0 Å². The Morgan fingerprint density at radius 1 is 1.33 bits per heavy atom. The average Bonchev–Trinajstić information content (AvgIpc) is 3.26. The normalized spacial score (nSPS) is 14.2. The highest BCUT2D eigenvalue weighted by Gasteiger charge is 2.20. The standard InChI is InChI=1S/C16H18BrN3O/c1-10-7-14(5-6-15(10)17)21-16-19-9-12(11(2)20-16)8-18-13-3-4-13/h5-7,9,13,18H,3-4,8H2,1-2H3. The number of hydrogen-bond donors (Lipinski definition) is 1. The quantitative estimate of drug-likeness (QED) is 0.890. The molecule has 1 N–H and O–H groups in total. The van der Waals surface area contributed by atoms with Crippen LogP contribution in [0.25, 0.3) is 0 Å². The van der Waals surface area contributed by atoms with Gasteiger partial charge in [-0.1, -0.05) is 15.9 Å². The number of halogens is 1. The van der Waals surface area contributed by atoms with Crippen LogP contribution in [0.1, 0.15) is 29.7 Å². The summed E-state index contributed by atoms with van der Waals surface area (Å²) in [5.41, 5.74) is 3.21. The van der Waals surface area contributed by atoms with Gasteiger partial charge in [0.2, 0.25) is 0 Å². The fourth-order valence-electron chi connectivity index (χ4n) is 2.02. The number of ether oxygens (including phenoxy) is 1. The van der Waals surface area contributed by atoms with Gasteiger partial charge in [-0.2, -0.15) is 4.98 Å². The van der Waals surface area contributed by atoms with Crippen molar-refractivity contribution >= 4 is 15.9 Å². The molecule has 0 radical (unpaired) electrons. The third-order valence-electron chi connectivity index (χ3n) is 3.56. The van der Waals surface area contributed by atoms with Gasteiger partial charge in [0, 0.05) is 34.5 Å². The third kappa shape index (κ3) is 3.80. The van der Waals surface area contributed by atoms with Crippen molar-refractivity contribution < 1.29 is 4.74 Å². The first-order valence-electron chi connectivity index (χ1n) is 7.12. The summed E-state index contributed by atoms with van der Waals surface area (Å²) in [4.78, 5) is 8.73. The van der Waals surface area contributed by atoms with E-state index < -0.39 is 0 Å².